The summed E-state index contributed by atoms with van der Waals surface area (Å²) in [6.07, 6.45) is 6.74. The first kappa shape index (κ1) is 24.1. The van der Waals surface area contributed by atoms with E-state index in [9.17, 15) is 13.2 Å². The third-order valence-electron chi connectivity index (χ3n) is 8.17. The quantitative estimate of drug-likeness (QED) is 0.562. The van der Waals surface area contributed by atoms with Gasteiger partial charge in [-0.05, 0) is 56.9 Å². The average molecular weight is 514 g/mol. The van der Waals surface area contributed by atoms with Crippen LogP contribution >= 0.6 is 0 Å². The van der Waals surface area contributed by atoms with Crippen LogP contribution in [0.1, 0.15) is 79.1 Å². The molecule has 0 spiro atoms. The molecule has 3 aliphatic heterocycles. The van der Waals surface area contributed by atoms with Crippen LogP contribution in [0.5, 0.6) is 0 Å². The highest BCUT2D eigenvalue weighted by molar-refractivity contribution is 7.87. The van der Waals surface area contributed by atoms with E-state index in [2.05, 4.69) is 44.4 Å². The summed E-state index contributed by atoms with van der Waals surface area (Å²) < 4.78 is 36.8. The number of nitrogens with one attached hydrogen (secondary N) is 2. The molecule has 1 unspecified atom stereocenters. The lowest BCUT2D eigenvalue weighted by Gasteiger charge is -2.39. The van der Waals surface area contributed by atoms with Crippen molar-refractivity contribution < 1.29 is 17.7 Å². The molecule has 0 radical (unpaired) electrons. The van der Waals surface area contributed by atoms with Crippen LogP contribution in [0.3, 0.4) is 0 Å². The van der Waals surface area contributed by atoms with Crippen LogP contribution in [0, 0.1) is 0 Å². The van der Waals surface area contributed by atoms with Gasteiger partial charge >= 0.3 is 0 Å². The standard InChI is InChI=1S/C26H35N5O4S/c32-26(24-16-25(35-28-24)19-6-7-19)27-21-14-22-8-9-23(15-21)31(22)36(33,34)29-20-10-12-30(13-11-20)17-18-4-2-1-3-5-18/h1-5,16,19-23,29H,6-15,17H2,(H,27,32)/t21?,22-,23+. The lowest BCUT2D eigenvalue weighted by molar-refractivity contribution is 0.0899. The zero-order valence-corrected chi connectivity index (χ0v) is 21.3. The van der Waals surface area contributed by atoms with Gasteiger partial charge in [-0.1, -0.05) is 35.5 Å². The van der Waals surface area contributed by atoms with Gasteiger partial charge in [0.15, 0.2) is 5.69 Å². The normalized spacial score (nSPS) is 27.8. The minimum atomic E-state index is -3.57. The second-order valence-electron chi connectivity index (χ2n) is 10.9. The molecule has 6 rings (SSSR count). The Balaban J connectivity index is 1.01. The van der Waals surface area contributed by atoms with Crippen LogP contribution in [-0.2, 0) is 16.8 Å². The number of carbonyl (C=O) groups excluding carboxylic acids is 1. The van der Waals surface area contributed by atoms with E-state index in [1.807, 2.05) is 6.07 Å². The molecule has 1 aromatic heterocycles. The van der Waals surface area contributed by atoms with Gasteiger partial charge in [0.25, 0.3) is 16.1 Å². The molecule has 1 aliphatic carbocycles. The second-order valence-corrected chi connectivity index (χ2v) is 12.5. The Labute approximate surface area is 212 Å². The summed E-state index contributed by atoms with van der Waals surface area (Å²) in [7, 11) is -3.57. The first-order valence-electron chi connectivity index (χ1n) is 13.3. The van der Waals surface area contributed by atoms with Crippen molar-refractivity contribution in [2.45, 2.75) is 88.0 Å². The fraction of sp³-hybridized carbons (Fsp3) is 0.615. The number of hydrogen-bond acceptors (Lipinski definition) is 6. The maximum absolute atomic E-state index is 13.4. The minimum Gasteiger partial charge on any atom is -0.360 e. The molecule has 10 heteroatoms. The number of nitrogens with zero attached hydrogens (tertiary/aromatic N) is 3. The smallest absolute Gasteiger partial charge is 0.280 e. The van der Waals surface area contributed by atoms with Gasteiger partial charge in [0, 0.05) is 55.8 Å². The fourth-order valence-corrected chi connectivity index (χ4v) is 8.13. The summed E-state index contributed by atoms with van der Waals surface area (Å²) in [5.41, 5.74) is 1.61. The van der Waals surface area contributed by atoms with Crippen LogP contribution in [-0.4, -0.2) is 65.9 Å². The Kier molecular flexibility index (Phi) is 6.62. The Bertz CT molecular complexity index is 1160. The summed E-state index contributed by atoms with van der Waals surface area (Å²) in [5, 5.41) is 7.02. The molecular weight excluding hydrogens is 478 g/mol. The van der Waals surface area contributed by atoms with Crippen LogP contribution in [0.4, 0.5) is 0 Å². The number of amides is 1. The molecule has 194 valence electrons. The van der Waals surface area contributed by atoms with E-state index in [1.54, 1.807) is 10.4 Å². The highest BCUT2D eigenvalue weighted by atomic mass is 32.2. The van der Waals surface area contributed by atoms with E-state index < -0.39 is 10.2 Å². The van der Waals surface area contributed by atoms with Gasteiger partial charge in [-0.25, -0.2) is 0 Å². The molecule has 1 aromatic carbocycles. The molecule has 2 aromatic rings. The van der Waals surface area contributed by atoms with E-state index in [4.69, 9.17) is 4.52 Å². The Morgan fingerprint density at radius 3 is 2.33 bits per heavy atom. The minimum absolute atomic E-state index is 0.0355. The number of fused-ring (bicyclic) bond motifs is 2. The van der Waals surface area contributed by atoms with Crippen LogP contribution in [0.15, 0.2) is 40.9 Å². The first-order chi connectivity index (χ1) is 17.4. The average Bonchev–Trinajstić information content (AvgIpc) is 3.51. The molecule has 2 bridgehead atoms. The predicted octanol–water partition coefficient (Wildman–Crippen LogP) is 2.78. The molecule has 3 saturated heterocycles. The largest absolute Gasteiger partial charge is 0.360 e. The highest BCUT2D eigenvalue weighted by Gasteiger charge is 2.47. The maximum Gasteiger partial charge on any atom is 0.280 e. The topological polar surface area (TPSA) is 108 Å². The summed E-state index contributed by atoms with van der Waals surface area (Å²) in [5.74, 6) is 0.969. The molecule has 36 heavy (non-hydrogen) atoms. The van der Waals surface area contributed by atoms with Crippen molar-refractivity contribution in [3.05, 3.63) is 53.4 Å². The van der Waals surface area contributed by atoms with E-state index in [0.717, 1.165) is 63.9 Å². The second kappa shape index (κ2) is 9.89. The molecule has 4 fully saturated rings. The number of benzene rings is 1. The number of rotatable bonds is 8. The number of hydrogen-bond donors (Lipinski definition) is 2. The van der Waals surface area contributed by atoms with Gasteiger partial charge in [0.05, 0.1) is 0 Å². The van der Waals surface area contributed by atoms with Crippen LogP contribution in [0.2, 0.25) is 0 Å². The summed E-state index contributed by atoms with van der Waals surface area (Å²) in [6.45, 7) is 2.67. The van der Waals surface area contributed by atoms with Crippen LogP contribution < -0.4 is 10.0 Å². The molecule has 1 amide bonds. The molecule has 9 nitrogen and oxygen atoms in total. The Morgan fingerprint density at radius 1 is 0.972 bits per heavy atom. The summed E-state index contributed by atoms with van der Waals surface area (Å²) in [6, 6.07) is 11.9. The van der Waals surface area contributed by atoms with Crippen molar-refractivity contribution in [2.75, 3.05) is 13.1 Å². The van der Waals surface area contributed by atoms with E-state index >= 15 is 0 Å². The van der Waals surface area contributed by atoms with Crippen molar-refractivity contribution in [1.82, 2.24) is 24.4 Å². The van der Waals surface area contributed by atoms with Gasteiger partial charge in [-0.2, -0.15) is 17.4 Å². The Hall–Kier alpha value is -2.27. The molecule has 2 N–H and O–H groups in total. The zero-order valence-electron chi connectivity index (χ0n) is 20.5. The lowest BCUT2D eigenvalue weighted by Crippen LogP contribution is -2.57. The third-order valence-corrected chi connectivity index (χ3v) is 9.95. The molecule has 4 aliphatic rings. The Morgan fingerprint density at radius 2 is 1.67 bits per heavy atom. The van der Waals surface area contributed by atoms with Gasteiger partial charge in [0.1, 0.15) is 5.76 Å². The van der Waals surface area contributed by atoms with Crippen LogP contribution in [0.25, 0.3) is 0 Å². The number of carbonyl (C=O) groups is 1. The fourth-order valence-electron chi connectivity index (χ4n) is 6.18. The van der Waals surface area contributed by atoms with E-state index in [-0.39, 0.29) is 30.1 Å². The van der Waals surface area contributed by atoms with Crippen molar-refractivity contribution in [3.8, 4) is 0 Å². The monoisotopic (exact) mass is 513 g/mol. The number of aromatic nitrogens is 1. The number of likely N-dealkylation sites (tertiary alicyclic amines) is 1. The van der Waals surface area contributed by atoms with Crippen molar-refractivity contribution in [3.63, 3.8) is 0 Å². The number of piperidine rings is 2. The summed E-state index contributed by atoms with van der Waals surface area (Å²) >= 11 is 0. The third kappa shape index (κ3) is 5.22. The molecule has 1 saturated carbocycles. The summed E-state index contributed by atoms with van der Waals surface area (Å²) in [4.78, 5) is 15.1. The lowest BCUT2D eigenvalue weighted by atomic mass is 9.99. The van der Waals surface area contributed by atoms with Gasteiger partial charge < -0.3 is 9.84 Å². The van der Waals surface area contributed by atoms with Gasteiger partial charge in [-0.15, -0.1) is 0 Å². The SMILES string of the molecule is O=C(NC1C[C@H]2CC[C@@H](C1)N2S(=O)(=O)NC1CCN(Cc2ccccc2)CC1)c1cc(C2CC2)on1. The zero-order chi connectivity index (χ0) is 24.7. The molecular formula is C26H35N5O4S. The molecule has 3 atom stereocenters. The maximum atomic E-state index is 13.4. The predicted molar refractivity (Wildman–Crippen MR) is 134 cm³/mol. The van der Waals surface area contributed by atoms with Gasteiger partial charge in [0.2, 0.25) is 0 Å². The first-order valence-corrected chi connectivity index (χ1v) is 14.7. The molecule has 4 heterocycles. The van der Waals surface area contributed by atoms with Gasteiger partial charge in [-0.3, -0.25) is 9.69 Å². The highest BCUT2D eigenvalue weighted by Crippen LogP contribution is 2.40. The van der Waals surface area contributed by atoms with Crippen molar-refractivity contribution in [2.24, 2.45) is 0 Å². The van der Waals surface area contributed by atoms with Crippen molar-refractivity contribution >= 4 is 16.1 Å². The van der Waals surface area contributed by atoms with Crippen molar-refractivity contribution in [1.29, 1.82) is 0 Å². The van der Waals surface area contributed by atoms with E-state index in [1.165, 1.54) is 5.56 Å². The van der Waals surface area contributed by atoms with E-state index in [0.29, 0.717) is 24.5 Å².